The summed E-state index contributed by atoms with van der Waals surface area (Å²) < 4.78 is 0. The number of nitrogens with one attached hydrogen (secondary N) is 1. The quantitative estimate of drug-likeness (QED) is 0.840. The van der Waals surface area contributed by atoms with E-state index in [2.05, 4.69) is 56.9 Å². The molecule has 0 amide bonds. The summed E-state index contributed by atoms with van der Waals surface area (Å²) in [4.78, 5) is 0. The SMILES string of the molecule is C=C(Cl)CNCc1ccc(C(C)(C)C)cc1. The van der Waals surface area contributed by atoms with Gasteiger partial charge in [0, 0.05) is 18.1 Å². The minimum Gasteiger partial charge on any atom is -0.308 e. The van der Waals surface area contributed by atoms with Crippen LogP contribution >= 0.6 is 11.6 Å². The molecule has 0 saturated carbocycles. The van der Waals surface area contributed by atoms with Crippen LogP contribution in [0.1, 0.15) is 31.9 Å². The Morgan fingerprint density at radius 1 is 1.25 bits per heavy atom. The molecule has 0 saturated heterocycles. The lowest BCUT2D eigenvalue weighted by Crippen LogP contribution is -2.15. The van der Waals surface area contributed by atoms with Crippen molar-refractivity contribution in [2.24, 2.45) is 0 Å². The van der Waals surface area contributed by atoms with Gasteiger partial charge in [0.1, 0.15) is 0 Å². The van der Waals surface area contributed by atoms with Crippen molar-refractivity contribution in [2.45, 2.75) is 32.7 Å². The van der Waals surface area contributed by atoms with Gasteiger partial charge in [-0.1, -0.05) is 63.2 Å². The largest absolute Gasteiger partial charge is 0.308 e. The van der Waals surface area contributed by atoms with E-state index >= 15 is 0 Å². The Morgan fingerprint density at radius 2 is 1.81 bits per heavy atom. The Balaban J connectivity index is 2.55. The molecule has 0 heterocycles. The van der Waals surface area contributed by atoms with Gasteiger partial charge in [-0.05, 0) is 16.5 Å². The van der Waals surface area contributed by atoms with Crippen molar-refractivity contribution in [2.75, 3.05) is 6.54 Å². The van der Waals surface area contributed by atoms with Crippen LogP contribution in [0.4, 0.5) is 0 Å². The van der Waals surface area contributed by atoms with Gasteiger partial charge < -0.3 is 5.32 Å². The maximum Gasteiger partial charge on any atom is 0.0310 e. The molecule has 88 valence electrons. The Labute approximate surface area is 104 Å². The maximum absolute atomic E-state index is 5.67. The van der Waals surface area contributed by atoms with Crippen molar-refractivity contribution in [3.63, 3.8) is 0 Å². The van der Waals surface area contributed by atoms with Gasteiger partial charge in [-0.2, -0.15) is 0 Å². The molecule has 0 aliphatic carbocycles. The molecule has 0 unspecified atom stereocenters. The first kappa shape index (κ1) is 13.3. The van der Waals surface area contributed by atoms with Gasteiger partial charge >= 0.3 is 0 Å². The summed E-state index contributed by atoms with van der Waals surface area (Å²) in [6.45, 7) is 11.8. The van der Waals surface area contributed by atoms with Crippen molar-refractivity contribution in [3.05, 3.63) is 47.0 Å². The summed E-state index contributed by atoms with van der Waals surface area (Å²) in [5, 5.41) is 3.87. The van der Waals surface area contributed by atoms with Crippen molar-refractivity contribution < 1.29 is 0 Å². The highest BCUT2D eigenvalue weighted by Gasteiger charge is 2.12. The molecule has 0 fully saturated rings. The predicted octanol–water partition coefficient (Wildman–Crippen LogP) is 3.83. The second-order valence-electron chi connectivity index (χ2n) is 5.07. The maximum atomic E-state index is 5.67. The van der Waals surface area contributed by atoms with E-state index in [4.69, 9.17) is 11.6 Å². The summed E-state index contributed by atoms with van der Waals surface area (Å²) in [6, 6.07) is 8.69. The smallest absolute Gasteiger partial charge is 0.0310 e. The second-order valence-corrected chi connectivity index (χ2v) is 5.60. The lowest BCUT2D eigenvalue weighted by Gasteiger charge is -2.19. The van der Waals surface area contributed by atoms with Crippen LogP contribution in [0.25, 0.3) is 0 Å². The van der Waals surface area contributed by atoms with E-state index < -0.39 is 0 Å². The molecule has 0 atom stereocenters. The molecule has 1 nitrogen and oxygen atoms in total. The lowest BCUT2D eigenvalue weighted by molar-refractivity contribution is 0.589. The van der Waals surface area contributed by atoms with Gasteiger partial charge in [0.2, 0.25) is 0 Å². The third-order valence-corrected chi connectivity index (χ3v) is 2.60. The van der Waals surface area contributed by atoms with Crippen molar-refractivity contribution in [1.82, 2.24) is 5.32 Å². The van der Waals surface area contributed by atoms with Gasteiger partial charge in [-0.3, -0.25) is 0 Å². The third-order valence-electron chi connectivity index (χ3n) is 2.47. The second kappa shape index (κ2) is 5.51. The lowest BCUT2D eigenvalue weighted by atomic mass is 9.87. The fourth-order valence-electron chi connectivity index (χ4n) is 1.47. The van der Waals surface area contributed by atoms with Crippen LogP contribution in [-0.4, -0.2) is 6.54 Å². The summed E-state index contributed by atoms with van der Waals surface area (Å²) in [6.07, 6.45) is 0. The van der Waals surface area contributed by atoms with Crippen LogP contribution in [0.5, 0.6) is 0 Å². The van der Waals surface area contributed by atoms with Crippen molar-refractivity contribution >= 4 is 11.6 Å². The van der Waals surface area contributed by atoms with Crippen molar-refractivity contribution in [1.29, 1.82) is 0 Å². The molecule has 0 aromatic heterocycles. The van der Waals surface area contributed by atoms with E-state index in [0.29, 0.717) is 11.6 Å². The molecule has 0 radical (unpaired) electrons. The van der Waals surface area contributed by atoms with Crippen LogP contribution in [0.2, 0.25) is 0 Å². The molecule has 0 aliphatic heterocycles. The zero-order valence-electron chi connectivity index (χ0n) is 10.3. The average Bonchev–Trinajstić information content (AvgIpc) is 2.16. The fourth-order valence-corrected chi connectivity index (χ4v) is 1.56. The first-order valence-electron chi connectivity index (χ1n) is 5.53. The average molecular weight is 238 g/mol. The van der Waals surface area contributed by atoms with Gasteiger partial charge in [0.15, 0.2) is 0 Å². The third kappa shape index (κ3) is 4.38. The molecule has 1 rings (SSSR count). The molecule has 2 heteroatoms. The van der Waals surface area contributed by atoms with Gasteiger partial charge in [-0.25, -0.2) is 0 Å². The first-order chi connectivity index (χ1) is 7.39. The van der Waals surface area contributed by atoms with E-state index in [1.54, 1.807) is 0 Å². The first-order valence-corrected chi connectivity index (χ1v) is 5.91. The van der Waals surface area contributed by atoms with Gasteiger partial charge in [0.05, 0.1) is 0 Å². The molecule has 0 spiro atoms. The summed E-state index contributed by atoms with van der Waals surface area (Å²) in [5.41, 5.74) is 2.85. The number of hydrogen-bond acceptors (Lipinski definition) is 1. The zero-order valence-corrected chi connectivity index (χ0v) is 11.1. The van der Waals surface area contributed by atoms with E-state index in [1.807, 2.05) is 0 Å². The summed E-state index contributed by atoms with van der Waals surface area (Å²) in [7, 11) is 0. The highest BCUT2D eigenvalue weighted by atomic mass is 35.5. The minimum absolute atomic E-state index is 0.219. The number of hydrogen-bond donors (Lipinski definition) is 1. The van der Waals surface area contributed by atoms with Crippen LogP contribution in [0.3, 0.4) is 0 Å². The highest BCUT2D eigenvalue weighted by Crippen LogP contribution is 2.22. The molecule has 1 aromatic carbocycles. The Kier molecular flexibility index (Phi) is 4.57. The van der Waals surface area contributed by atoms with Crippen LogP contribution in [0, 0.1) is 0 Å². The van der Waals surface area contributed by atoms with E-state index in [9.17, 15) is 0 Å². The van der Waals surface area contributed by atoms with E-state index in [0.717, 1.165) is 6.54 Å². The molecular formula is C14H20ClN. The predicted molar refractivity (Wildman–Crippen MR) is 71.8 cm³/mol. The molecule has 0 aliphatic rings. The molecular weight excluding hydrogens is 218 g/mol. The number of rotatable bonds is 4. The Morgan fingerprint density at radius 3 is 2.25 bits per heavy atom. The normalized spacial score (nSPS) is 11.5. The standard InChI is InChI=1S/C14H20ClN/c1-11(15)9-16-10-12-5-7-13(8-6-12)14(2,3)4/h5-8,16H,1,9-10H2,2-4H3. The van der Waals surface area contributed by atoms with Crippen LogP contribution < -0.4 is 5.32 Å². The van der Waals surface area contributed by atoms with Gasteiger partial charge in [-0.15, -0.1) is 0 Å². The topological polar surface area (TPSA) is 12.0 Å². The summed E-state index contributed by atoms with van der Waals surface area (Å²) >= 11 is 5.67. The van der Waals surface area contributed by atoms with Crippen LogP contribution in [-0.2, 0) is 12.0 Å². The van der Waals surface area contributed by atoms with Crippen LogP contribution in [0.15, 0.2) is 35.9 Å². The molecule has 1 aromatic rings. The Bertz CT molecular complexity index is 346. The van der Waals surface area contributed by atoms with E-state index in [1.165, 1.54) is 11.1 Å². The Hall–Kier alpha value is -0.790. The van der Waals surface area contributed by atoms with Gasteiger partial charge in [0.25, 0.3) is 0 Å². The summed E-state index contributed by atoms with van der Waals surface area (Å²) in [5.74, 6) is 0. The van der Waals surface area contributed by atoms with Crippen molar-refractivity contribution in [3.8, 4) is 0 Å². The molecule has 1 N–H and O–H groups in total. The van der Waals surface area contributed by atoms with E-state index in [-0.39, 0.29) is 5.41 Å². The molecule has 0 bridgehead atoms. The fraction of sp³-hybridized carbons (Fsp3) is 0.429. The number of halogens is 1. The highest BCUT2D eigenvalue weighted by molar-refractivity contribution is 6.29. The molecule has 16 heavy (non-hydrogen) atoms. The monoisotopic (exact) mass is 237 g/mol. The minimum atomic E-state index is 0.219. The zero-order chi connectivity index (χ0) is 12.2. The number of benzene rings is 1.